The third kappa shape index (κ3) is 2.70. The number of hydrogen-bond donors (Lipinski definition) is 1. The highest BCUT2D eigenvalue weighted by atomic mass is 16.3. The fourth-order valence-corrected chi connectivity index (χ4v) is 3.14. The van der Waals surface area contributed by atoms with Crippen molar-refractivity contribution in [1.82, 2.24) is 9.88 Å². The van der Waals surface area contributed by atoms with Crippen molar-refractivity contribution >= 4 is 11.1 Å². The molecule has 0 amide bonds. The Morgan fingerprint density at radius 1 is 1.38 bits per heavy atom. The zero-order valence-electron chi connectivity index (χ0n) is 13.4. The van der Waals surface area contributed by atoms with E-state index >= 15 is 0 Å². The van der Waals surface area contributed by atoms with Gasteiger partial charge in [0.05, 0.1) is 0 Å². The molecule has 2 heterocycles. The molecule has 1 aliphatic heterocycles. The summed E-state index contributed by atoms with van der Waals surface area (Å²) in [5, 5.41) is 0. The summed E-state index contributed by atoms with van der Waals surface area (Å²) >= 11 is 0. The minimum absolute atomic E-state index is 0.0615. The quantitative estimate of drug-likeness (QED) is 0.922. The Balaban J connectivity index is 1.94. The highest BCUT2D eigenvalue weighted by Gasteiger charge is 2.30. The lowest BCUT2D eigenvalue weighted by molar-refractivity contribution is 0.314. The van der Waals surface area contributed by atoms with E-state index < -0.39 is 0 Å². The van der Waals surface area contributed by atoms with Crippen molar-refractivity contribution < 1.29 is 4.42 Å². The smallest absolute Gasteiger partial charge is 0.200 e. The summed E-state index contributed by atoms with van der Waals surface area (Å²) in [6.07, 6.45) is 1.13. The molecule has 0 bridgehead atoms. The number of nitrogens with zero attached hydrogens (tertiary/aromatic N) is 2. The van der Waals surface area contributed by atoms with Crippen LogP contribution < -0.4 is 5.73 Å². The van der Waals surface area contributed by atoms with E-state index in [0.717, 1.165) is 36.5 Å². The molecule has 1 aliphatic rings. The minimum Gasteiger partial charge on any atom is -0.440 e. The molecule has 2 unspecified atom stereocenters. The van der Waals surface area contributed by atoms with E-state index in [0.29, 0.717) is 12.0 Å². The van der Waals surface area contributed by atoms with Crippen LogP contribution in [-0.2, 0) is 5.41 Å². The van der Waals surface area contributed by atoms with Gasteiger partial charge in [-0.05, 0) is 43.6 Å². The number of benzene rings is 1. The van der Waals surface area contributed by atoms with Gasteiger partial charge >= 0.3 is 0 Å². The first kappa shape index (κ1) is 14.5. The second-order valence-electron chi connectivity index (χ2n) is 7.29. The van der Waals surface area contributed by atoms with E-state index in [-0.39, 0.29) is 5.41 Å². The van der Waals surface area contributed by atoms with Gasteiger partial charge < -0.3 is 10.2 Å². The van der Waals surface area contributed by atoms with Crippen LogP contribution in [0.2, 0.25) is 0 Å². The van der Waals surface area contributed by atoms with Gasteiger partial charge in [0.25, 0.3) is 0 Å². The maximum Gasteiger partial charge on any atom is 0.200 e. The number of likely N-dealkylation sites (tertiary alicyclic amines) is 1. The molecule has 0 aliphatic carbocycles. The van der Waals surface area contributed by atoms with Crippen LogP contribution in [0.1, 0.15) is 44.7 Å². The lowest BCUT2D eigenvalue weighted by atomic mass is 9.97. The number of rotatable bonds is 2. The molecule has 2 atom stereocenters. The van der Waals surface area contributed by atoms with Crippen molar-refractivity contribution in [1.29, 1.82) is 0 Å². The standard InChI is InChI=1S/C17H25N3O/c1-17(2,3)16-19-13-8-12(5-6-15(13)21-16)14-7-11(9-18)10-20(14)4/h5-6,8,11,14H,7,9-10,18H2,1-4H3. The summed E-state index contributed by atoms with van der Waals surface area (Å²) in [5.41, 5.74) is 8.91. The predicted octanol–water partition coefficient (Wildman–Crippen LogP) is 3.08. The molecule has 2 N–H and O–H groups in total. The molecule has 2 aromatic rings. The van der Waals surface area contributed by atoms with Gasteiger partial charge in [0.2, 0.25) is 5.89 Å². The predicted molar refractivity (Wildman–Crippen MR) is 85.2 cm³/mol. The normalized spacial score (nSPS) is 24.0. The molecule has 1 fully saturated rings. The van der Waals surface area contributed by atoms with Crippen LogP contribution in [0.25, 0.3) is 11.1 Å². The Bertz CT molecular complexity index is 641. The summed E-state index contributed by atoms with van der Waals surface area (Å²) in [4.78, 5) is 7.06. The zero-order chi connectivity index (χ0) is 15.2. The summed E-state index contributed by atoms with van der Waals surface area (Å²) in [5.74, 6) is 1.40. The van der Waals surface area contributed by atoms with Crippen LogP contribution >= 0.6 is 0 Å². The number of oxazole rings is 1. The van der Waals surface area contributed by atoms with Crippen molar-refractivity contribution in [3.05, 3.63) is 29.7 Å². The first-order valence-corrected chi connectivity index (χ1v) is 7.70. The van der Waals surface area contributed by atoms with Crippen LogP contribution in [0.5, 0.6) is 0 Å². The van der Waals surface area contributed by atoms with Crippen molar-refractivity contribution in [3.8, 4) is 0 Å². The van der Waals surface area contributed by atoms with Gasteiger partial charge in [0, 0.05) is 18.0 Å². The molecule has 3 rings (SSSR count). The molecule has 0 radical (unpaired) electrons. The Kier molecular flexibility index (Phi) is 3.54. The number of nitrogens with two attached hydrogens (primary N) is 1. The maximum atomic E-state index is 5.87. The van der Waals surface area contributed by atoms with Crippen LogP contribution in [0.3, 0.4) is 0 Å². The maximum absolute atomic E-state index is 5.87. The lowest BCUT2D eigenvalue weighted by Gasteiger charge is -2.19. The second-order valence-corrected chi connectivity index (χ2v) is 7.29. The molecule has 4 heteroatoms. The number of fused-ring (bicyclic) bond motifs is 1. The molecule has 114 valence electrons. The van der Waals surface area contributed by atoms with Gasteiger partial charge in [0.1, 0.15) is 5.52 Å². The monoisotopic (exact) mass is 287 g/mol. The van der Waals surface area contributed by atoms with Crippen LogP contribution in [0.4, 0.5) is 0 Å². The van der Waals surface area contributed by atoms with Crippen molar-refractivity contribution in [2.75, 3.05) is 20.1 Å². The van der Waals surface area contributed by atoms with Gasteiger partial charge in [-0.15, -0.1) is 0 Å². The van der Waals surface area contributed by atoms with Crippen LogP contribution in [0, 0.1) is 5.92 Å². The molecule has 0 saturated carbocycles. The Labute approximate surface area is 126 Å². The summed E-state index contributed by atoms with van der Waals surface area (Å²) in [6.45, 7) is 8.20. The van der Waals surface area contributed by atoms with Crippen molar-refractivity contribution in [2.24, 2.45) is 11.7 Å². The highest BCUT2D eigenvalue weighted by molar-refractivity contribution is 5.73. The number of hydrogen-bond acceptors (Lipinski definition) is 4. The van der Waals surface area contributed by atoms with Gasteiger partial charge in [-0.2, -0.15) is 0 Å². The molecule has 0 spiro atoms. The van der Waals surface area contributed by atoms with E-state index in [4.69, 9.17) is 10.2 Å². The van der Waals surface area contributed by atoms with Gasteiger partial charge in [-0.3, -0.25) is 4.90 Å². The fourth-order valence-electron chi connectivity index (χ4n) is 3.14. The first-order chi connectivity index (χ1) is 9.88. The van der Waals surface area contributed by atoms with E-state index in [1.54, 1.807) is 0 Å². The topological polar surface area (TPSA) is 55.3 Å². The molecular formula is C17H25N3O. The molecule has 21 heavy (non-hydrogen) atoms. The highest BCUT2D eigenvalue weighted by Crippen LogP contribution is 2.35. The van der Waals surface area contributed by atoms with Gasteiger partial charge in [-0.1, -0.05) is 26.8 Å². The first-order valence-electron chi connectivity index (χ1n) is 7.70. The van der Waals surface area contributed by atoms with E-state index in [2.05, 4.69) is 55.9 Å². The minimum atomic E-state index is -0.0615. The van der Waals surface area contributed by atoms with Gasteiger partial charge in [0.15, 0.2) is 5.58 Å². The molecule has 1 aromatic heterocycles. The van der Waals surface area contributed by atoms with E-state index in [1.165, 1.54) is 5.56 Å². The van der Waals surface area contributed by atoms with Crippen LogP contribution in [-0.4, -0.2) is 30.0 Å². The SMILES string of the molecule is CN1CC(CN)CC1c1ccc2oc(C(C)(C)C)nc2c1. The zero-order valence-corrected chi connectivity index (χ0v) is 13.4. The molecule has 1 saturated heterocycles. The second kappa shape index (κ2) is 5.11. The van der Waals surface area contributed by atoms with E-state index in [1.807, 2.05) is 0 Å². The average molecular weight is 287 g/mol. The average Bonchev–Trinajstić information content (AvgIpc) is 3.00. The van der Waals surface area contributed by atoms with Crippen molar-refractivity contribution in [2.45, 2.75) is 38.6 Å². The summed E-state index contributed by atoms with van der Waals surface area (Å²) < 4.78 is 5.87. The third-order valence-electron chi connectivity index (χ3n) is 4.41. The Hall–Kier alpha value is -1.39. The Morgan fingerprint density at radius 3 is 2.76 bits per heavy atom. The van der Waals surface area contributed by atoms with E-state index in [9.17, 15) is 0 Å². The summed E-state index contributed by atoms with van der Waals surface area (Å²) in [6, 6.07) is 6.84. The molecule has 4 nitrogen and oxygen atoms in total. The lowest BCUT2D eigenvalue weighted by Crippen LogP contribution is -2.20. The fraction of sp³-hybridized carbons (Fsp3) is 0.588. The number of aromatic nitrogens is 1. The molecular weight excluding hydrogens is 262 g/mol. The largest absolute Gasteiger partial charge is 0.440 e. The molecule has 1 aromatic carbocycles. The third-order valence-corrected chi connectivity index (χ3v) is 4.41. The van der Waals surface area contributed by atoms with Gasteiger partial charge in [-0.25, -0.2) is 4.98 Å². The van der Waals surface area contributed by atoms with Crippen molar-refractivity contribution in [3.63, 3.8) is 0 Å². The summed E-state index contributed by atoms with van der Waals surface area (Å²) in [7, 11) is 2.17. The Morgan fingerprint density at radius 2 is 2.14 bits per heavy atom. The van der Waals surface area contributed by atoms with Crippen LogP contribution in [0.15, 0.2) is 22.6 Å².